The first-order valence-corrected chi connectivity index (χ1v) is 10.2. The number of hydrogen-bond acceptors (Lipinski definition) is 4. The number of nitrogens with one attached hydrogen (secondary N) is 2. The summed E-state index contributed by atoms with van der Waals surface area (Å²) in [6, 6.07) is 18.1. The standard InChI is InChI=1S/C21H19FN2O4S/c1-28-19-10-8-17(9-11-19)24-29(26,27)20-7-3-6-18(14-20)23-21(25)13-15-4-2-5-16(22)12-15/h2-12,14,24H,13H2,1H3,(H,23,25). The van der Waals surface area contributed by atoms with Crippen LogP contribution in [-0.2, 0) is 21.2 Å². The molecule has 150 valence electrons. The Morgan fingerprint density at radius 1 is 0.966 bits per heavy atom. The average Bonchev–Trinajstić information content (AvgIpc) is 2.68. The summed E-state index contributed by atoms with van der Waals surface area (Å²) in [5.41, 5.74) is 1.22. The number of carbonyl (C=O) groups is 1. The molecule has 0 saturated heterocycles. The van der Waals surface area contributed by atoms with Gasteiger partial charge in [0.1, 0.15) is 11.6 Å². The summed E-state index contributed by atoms with van der Waals surface area (Å²) in [5, 5.41) is 2.63. The Morgan fingerprint density at radius 3 is 2.38 bits per heavy atom. The normalized spacial score (nSPS) is 11.0. The van der Waals surface area contributed by atoms with Crippen LogP contribution in [0.2, 0.25) is 0 Å². The van der Waals surface area contributed by atoms with Gasteiger partial charge in [0.2, 0.25) is 5.91 Å². The minimum absolute atomic E-state index is 0.00289. The number of hydrogen-bond donors (Lipinski definition) is 2. The molecule has 2 N–H and O–H groups in total. The van der Waals surface area contributed by atoms with Crippen LogP contribution in [0.4, 0.5) is 15.8 Å². The zero-order chi connectivity index (χ0) is 20.9. The third-order valence-corrected chi connectivity index (χ3v) is 5.40. The van der Waals surface area contributed by atoms with Crippen molar-refractivity contribution in [3.63, 3.8) is 0 Å². The Labute approximate surface area is 168 Å². The van der Waals surface area contributed by atoms with Gasteiger partial charge in [0.15, 0.2) is 0 Å². The zero-order valence-corrected chi connectivity index (χ0v) is 16.4. The van der Waals surface area contributed by atoms with Crippen molar-refractivity contribution in [2.45, 2.75) is 11.3 Å². The maximum Gasteiger partial charge on any atom is 0.261 e. The summed E-state index contributed by atoms with van der Waals surface area (Å²) < 4.78 is 46.0. The molecule has 0 unspecified atom stereocenters. The summed E-state index contributed by atoms with van der Waals surface area (Å²) in [5.74, 6) is -0.197. The van der Waals surface area contributed by atoms with Crippen molar-refractivity contribution in [1.82, 2.24) is 0 Å². The number of halogens is 1. The number of anilines is 2. The van der Waals surface area contributed by atoms with Crippen LogP contribution >= 0.6 is 0 Å². The number of amides is 1. The van der Waals surface area contributed by atoms with E-state index in [0.29, 0.717) is 22.7 Å². The Morgan fingerprint density at radius 2 is 1.69 bits per heavy atom. The number of rotatable bonds is 7. The minimum atomic E-state index is -3.85. The smallest absolute Gasteiger partial charge is 0.261 e. The molecule has 0 atom stereocenters. The molecule has 6 nitrogen and oxygen atoms in total. The maximum absolute atomic E-state index is 13.2. The number of ether oxygens (including phenoxy) is 1. The number of sulfonamides is 1. The summed E-state index contributed by atoms with van der Waals surface area (Å²) >= 11 is 0. The van der Waals surface area contributed by atoms with E-state index in [1.165, 1.54) is 43.5 Å². The van der Waals surface area contributed by atoms with Gasteiger partial charge in [-0.3, -0.25) is 9.52 Å². The fourth-order valence-electron chi connectivity index (χ4n) is 2.65. The van der Waals surface area contributed by atoms with E-state index in [2.05, 4.69) is 10.0 Å². The largest absolute Gasteiger partial charge is 0.497 e. The minimum Gasteiger partial charge on any atom is -0.497 e. The van der Waals surface area contributed by atoms with E-state index in [4.69, 9.17) is 4.74 Å². The zero-order valence-electron chi connectivity index (χ0n) is 15.6. The lowest BCUT2D eigenvalue weighted by Crippen LogP contribution is -2.16. The van der Waals surface area contributed by atoms with E-state index in [0.717, 1.165) is 0 Å². The first kappa shape index (κ1) is 20.3. The SMILES string of the molecule is COc1ccc(NS(=O)(=O)c2cccc(NC(=O)Cc3cccc(F)c3)c2)cc1. The van der Waals surface area contributed by atoms with Crippen molar-refractivity contribution in [1.29, 1.82) is 0 Å². The highest BCUT2D eigenvalue weighted by Crippen LogP contribution is 2.21. The van der Waals surface area contributed by atoms with Crippen LogP contribution in [0.3, 0.4) is 0 Å². The summed E-state index contributed by atoms with van der Waals surface area (Å²) in [6.07, 6.45) is -0.0289. The van der Waals surface area contributed by atoms with Crippen molar-refractivity contribution in [3.8, 4) is 5.75 Å². The van der Waals surface area contributed by atoms with Gasteiger partial charge in [-0.2, -0.15) is 0 Å². The van der Waals surface area contributed by atoms with Gasteiger partial charge in [0.05, 0.1) is 18.4 Å². The molecule has 0 heterocycles. The van der Waals surface area contributed by atoms with E-state index in [-0.39, 0.29) is 17.2 Å². The number of methoxy groups -OCH3 is 1. The van der Waals surface area contributed by atoms with Crippen molar-refractivity contribution in [2.75, 3.05) is 17.1 Å². The molecule has 0 saturated carbocycles. The van der Waals surface area contributed by atoms with Gasteiger partial charge in [-0.05, 0) is 60.2 Å². The molecule has 0 aliphatic heterocycles. The van der Waals surface area contributed by atoms with E-state index < -0.39 is 15.8 Å². The molecule has 0 spiro atoms. The van der Waals surface area contributed by atoms with Crippen LogP contribution in [0.25, 0.3) is 0 Å². The molecule has 0 bridgehead atoms. The lowest BCUT2D eigenvalue weighted by molar-refractivity contribution is -0.115. The molecular weight excluding hydrogens is 395 g/mol. The molecule has 0 fully saturated rings. The van der Waals surface area contributed by atoms with Crippen molar-refractivity contribution >= 4 is 27.3 Å². The maximum atomic E-state index is 13.2. The highest BCUT2D eigenvalue weighted by molar-refractivity contribution is 7.92. The Balaban J connectivity index is 1.71. The van der Waals surface area contributed by atoms with Gasteiger partial charge in [0.25, 0.3) is 10.0 Å². The third-order valence-electron chi connectivity index (χ3n) is 4.02. The predicted octanol–water partition coefficient (Wildman–Crippen LogP) is 3.82. The van der Waals surface area contributed by atoms with Gasteiger partial charge in [-0.15, -0.1) is 0 Å². The molecule has 0 radical (unpaired) electrons. The Hall–Kier alpha value is -3.39. The van der Waals surface area contributed by atoms with Gasteiger partial charge >= 0.3 is 0 Å². The number of benzene rings is 3. The second kappa shape index (κ2) is 8.74. The van der Waals surface area contributed by atoms with Gasteiger partial charge in [-0.1, -0.05) is 18.2 Å². The monoisotopic (exact) mass is 414 g/mol. The highest BCUT2D eigenvalue weighted by Gasteiger charge is 2.15. The lowest BCUT2D eigenvalue weighted by Gasteiger charge is -2.11. The van der Waals surface area contributed by atoms with Gasteiger partial charge < -0.3 is 10.1 Å². The molecule has 8 heteroatoms. The van der Waals surface area contributed by atoms with E-state index in [1.54, 1.807) is 36.4 Å². The van der Waals surface area contributed by atoms with Crippen LogP contribution in [0.1, 0.15) is 5.56 Å². The van der Waals surface area contributed by atoms with Crippen molar-refractivity contribution in [3.05, 3.63) is 84.2 Å². The Kier molecular flexibility index (Phi) is 6.13. The van der Waals surface area contributed by atoms with Crippen molar-refractivity contribution in [2.24, 2.45) is 0 Å². The fraction of sp³-hybridized carbons (Fsp3) is 0.0952. The lowest BCUT2D eigenvalue weighted by atomic mass is 10.1. The molecule has 3 aromatic carbocycles. The summed E-state index contributed by atoms with van der Waals surface area (Å²) in [6.45, 7) is 0. The van der Waals surface area contributed by atoms with Crippen LogP contribution in [0.5, 0.6) is 5.75 Å². The summed E-state index contributed by atoms with van der Waals surface area (Å²) in [4.78, 5) is 12.2. The van der Waals surface area contributed by atoms with E-state index in [1.807, 2.05) is 0 Å². The fourth-order valence-corrected chi connectivity index (χ4v) is 3.76. The molecule has 0 aliphatic rings. The van der Waals surface area contributed by atoms with Gasteiger partial charge in [0, 0.05) is 11.4 Å². The second-order valence-electron chi connectivity index (χ2n) is 6.22. The second-order valence-corrected chi connectivity index (χ2v) is 7.90. The molecule has 0 aliphatic carbocycles. The molecule has 29 heavy (non-hydrogen) atoms. The topological polar surface area (TPSA) is 84.5 Å². The number of carbonyl (C=O) groups excluding carboxylic acids is 1. The van der Waals surface area contributed by atoms with Crippen LogP contribution in [0.15, 0.2) is 77.7 Å². The molecule has 0 aromatic heterocycles. The summed E-state index contributed by atoms with van der Waals surface area (Å²) in [7, 11) is -2.33. The predicted molar refractivity (Wildman–Crippen MR) is 109 cm³/mol. The first-order valence-electron chi connectivity index (χ1n) is 8.67. The quantitative estimate of drug-likeness (QED) is 0.616. The van der Waals surface area contributed by atoms with Crippen molar-refractivity contribution < 1.29 is 22.3 Å². The molecule has 1 amide bonds. The Bertz CT molecular complexity index is 1120. The van der Waals surface area contributed by atoms with E-state index in [9.17, 15) is 17.6 Å². The third kappa shape index (κ3) is 5.55. The van der Waals surface area contributed by atoms with Crippen LogP contribution in [0, 0.1) is 5.82 Å². The van der Waals surface area contributed by atoms with Crippen LogP contribution < -0.4 is 14.8 Å². The molecule has 3 rings (SSSR count). The average molecular weight is 414 g/mol. The molecule has 3 aromatic rings. The first-order chi connectivity index (χ1) is 13.9. The van der Waals surface area contributed by atoms with E-state index >= 15 is 0 Å². The van der Waals surface area contributed by atoms with Crippen LogP contribution in [-0.4, -0.2) is 21.4 Å². The molecular formula is C21H19FN2O4S. The van der Waals surface area contributed by atoms with Gasteiger partial charge in [-0.25, -0.2) is 12.8 Å². The highest BCUT2D eigenvalue weighted by atomic mass is 32.2.